The summed E-state index contributed by atoms with van der Waals surface area (Å²) in [5.74, 6) is -0.446. The Hall–Kier alpha value is -2.12. The van der Waals surface area contributed by atoms with Gasteiger partial charge in [0.15, 0.2) is 0 Å². The monoisotopic (exact) mass is 362 g/mol. The van der Waals surface area contributed by atoms with Crippen molar-refractivity contribution >= 4 is 5.82 Å². The van der Waals surface area contributed by atoms with E-state index in [0.717, 1.165) is 5.69 Å². The van der Waals surface area contributed by atoms with Crippen LogP contribution in [0.25, 0.3) is 0 Å². The molecular formula is C19H24F2N4O. The minimum Gasteiger partial charge on any atom is -0.373 e. The summed E-state index contributed by atoms with van der Waals surface area (Å²) in [5, 5.41) is 3.20. The summed E-state index contributed by atoms with van der Waals surface area (Å²) in [6, 6.07) is 5.32. The van der Waals surface area contributed by atoms with Gasteiger partial charge in [-0.3, -0.25) is 4.90 Å². The van der Waals surface area contributed by atoms with E-state index in [-0.39, 0.29) is 17.8 Å². The van der Waals surface area contributed by atoms with Crippen LogP contribution in [-0.4, -0.2) is 46.7 Å². The predicted octanol–water partition coefficient (Wildman–Crippen LogP) is 3.33. The molecule has 5 nitrogen and oxygen atoms in total. The number of hydrogen-bond donors (Lipinski definition) is 1. The molecule has 0 aliphatic carbocycles. The molecule has 0 radical (unpaired) electrons. The molecule has 1 aliphatic rings. The minimum absolute atomic E-state index is 0.00243. The largest absolute Gasteiger partial charge is 0.373 e. The van der Waals surface area contributed by atoms with Crippen LogP contribution in [0.4, 0.5) is 14.6 Å². The second-order valence-electron chi connectivity index (χ2n) is 6.79. The minimum atomic E-state index is -0.539. The highest BCUT2D eigenvalue weighted by atomic mass is 19.1. The SMILES string of the molecule is Cc1cc(NCC(c2c(F)cccc2F)N2CC(C)OC(C)C2)ncn1. The molecule has 0 spiro atoms. The normalized spacial score (nSPS) is 22.2. The Morgan fingerprint density at radius 3 is 2.46 bits per heavy atom. The van der Waals surface area contributed by atoms with E-state index >= 15 is 0 Å². The fourth-order valence-corrected chi connectivity index (χ4v) is 3.47. The Morgan fingerprint density at radius 2 is 1.85 bits per heavy atom. The third-order valence-electron chi connectivity index (χ3n) is 4.50. The molecule has 1 aliphatic heterocycles. The molecule has 7 heteroatoms. The third kappa shape index (κ3) is 4.34. The van der Waals surface area contributed by atoms with Gasteiger partial charge in [-0.1, -0.05) is 6.07 Å². The van der Waals surface area contributed by atoms with Crippen molar-refractivity contribution in [1.29, 1.82) is 0 Å². The number of nitrogens with zero attached hydrogens (tertiary/aromatic N) is 3. The fraction of sp³-hybridized carbons (Fsp3) is 0.474. The first-order valence-electron chi connectivity index (χ1n) is 8.80. The zero-order chi connectivity index (χ0) is 18.7. The topological polar surface area (TPSA) is 50.3 Å². The fourth-order valence-electron chi connectivity index (χ4n) is 3.47. The maximum absolute atomic E-state index is 14.5. The summed E-state index contributed by atoms with van der Waals surface area (Å²) < 4.78 is 34.7. The number of morpholine rings is 1. The summed E-state index contributed by atoms with van der Waals surface area (Å²) in [4.78, 5) is 10.3. The van der Waals surface area contributed by atoms with Crippen LogP contribution in [0.5, 0.6) is 0 Å². The van der Waals surface area contributed by atoms with Crippen LogP contribution in [0.15, 0.2) is 30.6 Å². The van der Waals surface area contributed by atoms with Gasteiger partial charge in [-0.25, -0.2) is 18.7 Å². The molecule has 3 atom stereocenters. The van der Waals surface area contributed by atoms with Crippen LogP contribution >= 0.6 is 0 Å². The van der Waals surface area contributed by atoms with E-state index in [0.29, 0.717) is 25.5 Å². The Balaban J connectivity index is 1.88. The van der Waals surface area contributed by atoms with E-state index in [1.807, 2.05) is 20.8 Å². The third-order valence-corrected chi connectivity index (χ3v) is 4.50. The number of anilines is 1. The zero-order valence-corrected chi connectivity index (χ0v) is 15.2. The number of rotatable bonds is 5. The molecule has 1 saturated heterocycles. The van der Waals surface area contributed by atoms with Crippen molar-refractivity contribution in [2.75, 3.05) is 25.0 Å². The Bertz CT molecular complexity index is 728. The summed E-state index contributed by atoms with van der Waals surface area (Å²) in [6.45, 7) is 7.34. The predicted molar refractivity (Wildman–Crippen MR) is 95.9 cm³/mol. The lowest BCUT2D eigenvalue weighted by atomic mass is 10.0. The van der Waals surface area contributed by atoms with Crippen LogP contribution in [0.3, 0.4) is 0 Å². The maximum Gasteiger partial charge on any atom is 0.130 e. The van der Waals surface area contributed by atoms with Gasteiger partial charge in [0.2, 0.25) is 0 Å². The zero-order valence-electron chi connectivity index (χ0n) is 15.2. The molecule has 1 aromatic carbocycles. The molecule has 0 saturated carbocycles. The summed E-state index contributed by atoms with van der Waals surface area (Å²) in [5.41, 5.74) is 0.900. The smallest absolute Gasteiger partial charge is 0.130 e. The summed E-state index contributed by atoms with van der Waals surface area (Å²) >= 11 is 0. The molecule has 2 aromatic rings. The lowest BCUT2D eigenvalue weighted by Gasteiger charge is -2.40. The summed E-state index contributed by atoms with van der Waals surface area (Å²) in [6.07, 6.45) is 1.46. The van der Waals surface area contributed by atoms with Crippen molar-refractivity contribution in [2.45, 2.75) is 39.0 Å². The second-order valence-corrected chi connectivity index (χ2v) is 6.79. The van der Waals surface area contributed by atoms with Gasteiger partial charge in [0.1, 0.15) is 23.8 Å². The molecule has 3 rings (SSSR count). The Kier molecular flexibility index (Phi) is 5.78. The van der Waals surface area contributed by atoms with Crippen molar-refractivity contribution in [3.05, 3.63) is 53.5 Å². The van der Waals surface area contributed by atoms with Crippen molar-refractivity contribution in [3.63, 3.8) is 0 Å². The molecule has 1 N–H and O–H groups in total. The van der Waals surface area contributed by atoms with Gasteiger partial charge in [0.05, 0.1) is 18.2 Å². The Morgan fingerprint density at radius 1 is 1.19 bits per heavy atom. The van der Waals surface area contributed by atoms with E-state index in [1.165, 1.54) is 24.5 Å². The Labute approximate surface area is 152 Å². The lowest BCUT2D eigenvalue weighted by molar-refractivity contribution is -0.0801. The summed E-state index contributed by atoms with van der Waals surface area (Å²) in [7, 11) is 0. The molecule has 1 fully saturated rings. The highest BCUT2D eigenvalue weighted by molar-refractivity contribution is 5.36. The van der Waals surface area contributed by atoms with E-state index in [2.05, 4.69) is 20.2 Å². The van der Waals surface area contributed by atoms with E-state index in [4.69, 9.17) is 4.74 Å². The van der Waals surface area contributed by atoms with E-state index in [1.54, 1.807) is 6.07 Å². The molecular weight excluding hydrogens is 338 g/mol. The number of hydrogen-bond acceptors (Lipinski definition) is 5. The van der Waals surface area contributed by atoms with Crippen LogP contribution in [-0.2, 0) is 4.74 Å². The van der Waals surface area contributed by atoms with E-state index < -0.39 is 17.7 Å². The average molecular weight is 362 g/mol. The molecule has 2 heterocycles. The highest BCUT2D eigenvalue weighted by Gasteiger charge is 2.32. The lowest BCUT2D eigenvalue weighted by Crippen LogP contribution is -2.48. The van der Waals surface area contributed by atoms with Crippen LogP contribution in [0, 0.1) is 18.6 Å². The van der Waals surface area contributed by atoms with Gasteiger partial charge in [-0.2, -0.15) is 0 Å². The maximum atomic E-state index is 14.5. The number of aromatic nitrogens is 2. The molecule has 1 aromatic heterocycles. The first-order valence-corrected chi connectivity index (χ1v) is 8.80. The number of aryl methyl sites for hydroxylation is 1. The first-order chi connectivity index (χ1) is 12.4. The van der Waals surface area contributed by atoms with Gasteiger partial charge in [-0.15, -0.1) is 0 Å². The van der Waals surface area contributed by atoms with Crippen molar-refractivity contribution in [2.24, 2.45) is 0 Å². The average Bonchev–Trinajstić information content (AvgIpc) is 2.56. The van der Waals surface area contributed by atoms with Gasteiger partial charge < -0.3 is 10.1 Å². The number of nitrogens with one attached hydrogen (secondary N) is 1. The van der Waals surface area contributed by atoms with Gasteiger partial charge in [0, 0.05) is 37.0 Å². The molecule has 0 bridgehead atoms. The van der Waals surface area contributed by atoms with E-state index in [9.17, 15) is 8.78 Å². The van der Waals surface area contributed by atoms with Gasteiger partial charge >= 0.3 is 0 Å². The molecule has 0 amide bonds. The van der Waals surface area contributed by atoms with Crippen molar-refractivity contribution in [1.82, 2.24) is 14.9 Å². The molecule has 26 heavy (non-hydrogen) atoms. The van der Waals surface area contributed by atoms with Gasteiger partial charge in [-0.05, 0) is 32.9 Å². The first kappa shape index (κ1) is 18.7. The highest BCUT2D eigenvalue weighted by Crippen LogP contribution is 2.29. The number of ether oxygens (including phenoxy) is 1. The standard InChI is InChI=1S/C19H24F2N4O/c1-12-7-18(24-11-23-12)22-8-17(19-15(20)5-4-6-16(19)21)25-9-13(2)26-14(3)10-25/h4-7,11,13-14,17H,8-10H2,1-3H3,(H,22,23,24). The van der Waals surface area contributed by atoms with Crippen molar-refractivity contribution < 1.29 is 13.5 Å². The van der Waals surface area contributed by atoms with Gasteiger partial charge in [0.25, 0.3) is 0 Å². The van der Waals surface area contributed by atoms with Crippen LogP contribution < -0.4 is 5.32 Å². The number of benzene rings is 1. The number of halogens is 2. The molecule has 3 unspecified atom stereocenters. The van der Waals surface area contributed by atoms with Crippen molar-refractivity contribution in [3.8, 4) is 0 Å². The van der Waals surface area contributed by atoms with Crippen LogP contribution in [0.2, 0.25) is 0 Å². The van der Waals surface area contributed by atoms with Crippen LogP contribution in [0.1, 0.15) is 31.1 Å². The quantitative estimate of drug-likeness (QED) is 0.884. The second kappa shape index (κ2) is 8.05. The molecule has 140 valence electrons.